The smallest absolute Gasteiger partial charge is 0.0619 e. The van der Waals surface area contributed by atoms with E-state index in [1.54, 1.807) is 0 Å². The van der Waals surface area contributed by atoms with Crippen LogP contribution in [0.1, 0.15) is 19.8 Å². The quantitative estimate of drug-likeness (QED) is 0.711. The largest absolute Gasteiger partial charge is 0.380 e. The average Bonchev–Trinajstić information content (AvgIpc) is 2.19. The van der Waals surface area contributed by atoms with E-state index in [4.69, 9.17) is 4.74 Å². The van der Waals surface area contributed by atoms with Crippen molar-refractivity contribution in [3.63, 3.8) is 0 Å². The molecule has 0 spiro atoms. The van der Waals surface area contributed by atoms with Gasteiger partial charge >= 0.3 is 0 Å². The summed E-state index contributed by atoms with van der Waals surface area (Å²) < 4.78 is 16.4. The van der Waals surface area contributed by atoms with Crippen LogP contribution in [0, 0.1) is 0 Å². The zero-order valence-electron chi connectivity index (χ0n) is 8.25. The molecular formula is C9H19NO2S. The van der Waals surface area contributed by atoms with Crippen LogP contribution in [0.5, 0.6) is 0 Å². The molecule has 13 heavy (non-hydrogen) atoms. The Hall–Kier alpha value is 0.0700. The summed E-state index contributed by atoms with van der Waals surface area (Å²) in [6, 6.07) is 0.489. The minimum atomic E-state index is -0.635. The first-order chi connectivity index (χ1) is 6.33. The SMILES string of the molecule is CCS(=O)CCNC1CCCOC1. The number of rotatable bonds is 5. The molecule has 0 bridgehead atoms. The fraction of sp³-hybridized carbons (Fsp3) is 1.00. The van der Waals surface area contributed by atoms with E-state index in [0.717, 1.165) is 37.7 Å². The molecule has 3 nitrogen and oxygen atoms in total. The molecule has 2 atom stereocenters. The van der Waals surface area contributed by atoms with Crippen LogP contribution in [-0.4, -0.2) is 41.5 Å². The van der Waals surface area contributed by atoms with Crippen LogP contribution in [0.15, 0.2) is 0 Å². The molecule has 4 heteroatoms. The third kappa shape index (κ3) is 4.74. The summed E-state index contributed by atoms with van der Waals surface area (Å²) in [6.45, 7) is 4.53. The lowest BCUT2D eigenvalue weighted by Crippen LogP contribution is -2.38. The van der Waals surface area contributed by atoms with E-state index in [0.29, 0.717) is 6.04 Å². The number of hydrogen-bond donors (Lipinski definition) is 1. The van der Waals surface area contributed by atoms with Crippen LogP contribution in [0.4, 0.5) is 0 Å². The van der Waals surface area contributed by atoms with Gasteiger partial charge in [-0.3, -0.25) is 4.21 Å². The van der Waals surface area contributed by atoms with Crippen molar-refractivity contribution in [1.82, 2.24) is 5.32 Å². The summed E-state index contributed by atoms with van der Waals surface area (Å²) in [6.07, 6.45) is 2.34. The first-order valence-electron chi connectivity index (χ1n) is 4.99. The molecular weight excluding hydrogens is 186 g/mol. The molecule has 1 N–H and O–H groups in total. The number of ether oxygens (including phenoxy) is 1. The van der Waals surface area contributed by atoms with E-state index in [1.807, 2.05) is 6.92 Å². The Morgan fingerprint density at radius 2 is 2.46 bits per heavy atom. The van der Waals surface area contributed by atoms with Crippen molar-refractivity contribution < 1.29 is 8.95 Å². The molecule has 0 amide bonds. The standard InChI is InChI=1S/C9H19NO2S/c1-2-13(11)7-5-10-9-4-3-6-12-8-9/h9-10H,2-8H2,1H3. The van der Waals surface area contributed by atoms with Crippen molar-refractivity contribution in [2.24, 2.45) is 0 Å². The Morgan fingerprint density at radius 1 is 1.62 bits per heavy atom. The van der Waals surface area contributed by atoms with Crippen molar-refractivity contribution in [3.8, 4) is 0 Å². The molecule has 1 heterocycles. The third-order valence-electron chi connectivity index (χ3n) is 2.25. The highest BCUT2D eigenvalue weighted by Gasteiger charge is 2.12. The summed E-state index contributed by atoms with van der Waals surface area (Å²) in [4.78, 5) is 0. The van der Waals surface area contributed by atoms with Crippen LogP contribution >= 0.6 is 0 Å². The fourth-order valence-electron chi connectivity index (χ4n) is 1.42. The van der Waals surface area contributed by atoms with Gasteiger partial charge in [0, 0.05) is 41.5 Å². The predicted octanol–water partition coefficient (Wildman–Crippen LogP) is 0.524. The molecule has 0 aromatic rings. The van der Waals surface area contributed by atoms with Gasteiger partial charge in [-0.15, -0.1) is 0 Å². The van der Waals surface area contributed by atoms with Gasteiger partial charge < -0.3 is 10.1 Å². The molecule has 1 aliphatic heterocycles. The number of hydrogen-bond acceptors (Lipinski definition) is 3. The summed E-state index contributed by atoms with van der Waals surface area (Å²) in [5, 5.41) is 3.37. The Morgan fingerprint density at radius 3 is 3.08 bits per heavy atom. The van der Waals surface area contributed by atoms with E-state index < -0.39 is 10.8 Å². The molecule has 0 aromatic carbocycles. The van der Waals surface area contributed by atoms with Crippen molar-refractivity contribution >= 4 is 10.8 Å². The predicted molar refractivity (Wildman–Crippen MR) is 55.4 cm³/mol. The monoisotopic (exact) mass is 205 g/mol. The molecule has 0 aliphatic carbocycles. The van der Waals surface area contributed by atoms with E-state index in [9.17, 15) is 4.21 Å². The summed E-state index contributed by atoms with van der Waals surface area (Å²) in [5.41, 5.74) is 0. The van der Waals surface area contributed by atoms with Gasteiger partial charge in [-0.1, -0.05) is 6.92 Å². The molecule has 1 fully saturated rings. The molecule has 2 unspecified atom stereocenters. The zero-order chi connectivity index (χ0) is 9.52. The Labute approximate surface area is 82.7 Å². The van der Waals surface area contributed by atoms with E-state index in [2.05, 4.69) is 5.32 Å². The van der Waals surface area contributed by atoms with Gasteiger partial charge in [-0.05, 0) is 12.8 Å². The lowest BCUT2D eigenvalue weighted by molar-refractivity contribution is 0.0712. The molecule has 78 valence electrons. The van der Waals surface area contributed by atoms with Gasteiger partial charge in [0.25, 0.3) is 0 Å². The van der Waals surface area contributed by atoms with Crippen molar-refractivity contribution in [2.45, 2.75) is 25.8 Å². The average molecular weight is 205 g/mol. The highest BCUT2D eigenvalue weighted by atomic mass is 32.2. The normalized spacial score (nSPS) is 25.8. The topological polar surface area (TPSA) is 38.3 Å². The summed E-state index contributed by atoms with van der Waals surface area (Å²) >= 11 is 0. The maximum Gasteiger partial charge on any atom is 0.0619 e. The van der Waals surface area contributed by atoms with Gasteiger partial charge in [0.15, 0.2) is 0 Å². The van der Waals surface area contributed by atoms with Crippen LogP contribution in [0.3, 0.4) is 0 Å². The van der Waals surface area contributed by atoms with Gasteiger partial charge in [-0.25, -0.2) is 0 Å². The van der Waals surface area contributed by atoms with Gasteiger partial charge in [0.2, 0.25) is 0 Å². The van der Waals surface area contributed by atoms with Crippen molar-refractivity contribution in [3.05, 3.63) is 0 Å². The Balaban J connectivity index is 2.01. The molecule has 1 saturated heterocycles. The molecule has 0 saturated carbocycles. The van der Waals surface area contributed by atoms with Crippen LogP contribution in [0.2, 0.25) is 0 Å². The number of nitrogens with one attached hydrogen (secondary N) is 1. The first kappa shape index (κ1) is 11.1. The Bertz CT molecular complexity index is 158. The maximum absolute atomic E-state index is 11.1. The molecule has 0 radical (unpaired) electrons. The van der Waals surface area contributed by atoms with Crippen molar-refractivity contribution in [2.75, 3.05) is 31.3 Å². The zero-order valence-corrected chi connectivity index (χ0v) is 9.07. The second kappa shape index (κ2) is 6.51. The van der Waals surface area contributed by atoms with Gasteiger partial charge in [0.05, 0.1) is 6.61 Å². The van der Waals surface area contributed by atoms with Crippen molar-refractivity contribution in [1.29, 1.82) is 0 Å². The third-order valence-corrected chi connectivity index (χ3v) is 3.55. The van der Waals surface area contributed by atoms with Crippen LogP contribution in [0.25, 0.3) is 0 Å². The lowest BCUT2D eigenvalue weighted by Gasteiger charge is -2.22. The molecule has 1 aliphatic rings. The minimum absolute atomic E-state index is 0.489. The van der Waals surface area contributed by atoms with E-state index in [1.165, 1.54) is 6.42 Å². The van der Waals surface area contributed by atoms with E-state index >= 15 is 0 Å². The molecule has 0 aromatic heterocycles. The lowest BCUT2D eigenvalue weighted by atomic mass is 10.1. The van der Waals surface area contributed by atoms with Crippen LogP contribution in [-0.2, 0) is 15.5 Å². The summed E-state index contributed by atoms with van der Waals surface area (Å²) in [5.74, 6) is 1.54. The summed E-state index contributed by atoms with van der Waals surface area (Å²) in [7, 11) is -0.635. The highest BCUT2D eigenvalue weighted by molar-refractivity contribution is 7.84. The van der Waals surface area contributed by atoms with Gasteiger partial charge in [0.1, 0.15) is 0 Å². The highest BCUT2D eigenvalue weighted by Crippen LogP contribution is 2.04. The van der Waals surface area contributed by atoms with Crippen LogP contribution < -0.4 is 5.32 Å². The molecule has 1 rings (SSSR count). The Kier molecular flexibility index (Phi) is 5.58. The van der Waals surface area contributed by atoms with E-state index in [-0.39, 0.29) is 0 Å². The second-order valence-corrected chi connectivity index (χ2v) is 5.17. The van der Waals surface area contributed by atoms with Gasteiger partial charge in [-0.2, -0.15) is 0 Å². The first-order valence-corrected chi connectivity index (χ1v) is 6.48. The fourth-order valence-corrected chi connectivity index (χ4v) is 2.06. The second-order valence-electron chi connectivity index (χ2n) is 3.30. The maximum atomic E-state index is 11.1. The minimum Gasteiger partial charge on any atom is -0.380 e.